The highest BCUT2D eigenvalue weighted by Gasteiger charge is 2.33. The lowest BCUT2D eigenvalue weighted by Crippen LogP contribution is -2.41. The van der Waals surface area contributed by atoms with Crippen LogP contribution < -0.4 is 11.1 Å². The minimum Gasteiger partial charge on any atom is -0.449 e. The van der Waals surface area contributed by atoms with Crippen molar-refractivity contribution < 1.29 is 22.4 Å². The number of primary amides is 1. The highest BCUT2D eigenvalue weighted by molar-refractivity contribution is 7.89. The van der Waals surface area contributed by atoms with Crippen molar-refractivity contribution in [3.05, 3.63) is 59.9 Å². The van der Waals surface area contributed by atoms with E-state index in [0.717, 1.165) is 5.56 Å². The first-order chi connectivity index (χ1) is 14.8. The molecule has 3 N–H and O–H groups in total. The van der Waals surface area contributed by atoms with Gasteiger partial charge in [-0.2, -0.15) is 4.31 Å². The molecule has 3 aromatic rings. The van der Waals surface area contributed by atoms with Gasteiger partial charge in [0.15, 0.2) is 0 Å². The number of furan rings is 1. The maximum absolute atomic E-state index is 12.9. The monoisotopic (exact) mass is 441 g/mol. The van der Waals surface area contributed by atoms with Gasteiger partial charge in [0.1, 0.15) is 11.3 Å². The number of para-hydroxylation sites is 1. The molecule has 0 spiro atoms. The summed E-state index contributed by atoms with van der Waals surface area (Å²) in [6.07, 6.45) is 0.747. The topological polar surface area (TPSA) is 123 Å². The normalized spacial score (nSPS) is 15.8. The zero-order valence-electron chi connectivity index (χ0n) is 17.0. The molecule has 0 atom stereocenters. The second-order valence-corrected chi connectivity index (χ2v) is 9.59. The summed E-state index contributed by atoms with van der Waals surface area (Å²) >= 11 is 0. The Morgan fingerprint density at radius 3 is 2.35 bits per heavy atom. The largest absolute Gasteiger partial charge is 0.449 e. The molecule has 31 heavy (non-hydrogen) atoms. The third kappa shape index (κ3) is 4.06. The van der Waals surface area contributed by atoms with Gasteiger partial charge in [-0.1, -0.05) is 29.8 Å². The quantitative estimate of drug-likeness (QED) is 0.630. The minimum absolute atomic E-state index is 0.103. The molecule has 1 aliphatic heterocycles. The number of benzene rings is 2. The molecule has 0 unspecified atom stereocenters. The van der Waals surface area contributed by atoms with Crippen LogP contribution in [0.1, 0.15) is 29.0 Å². The molecule has 0 bridgehead atoms. The van der Waals surface area contributed by atoms with E-state index in [-0.39, 0.29) is 41.3 Å². The number of carbonyl (C=O) groups excluding carboxylic acids is 2. The number of anilines is 1. The Balaban J connectivity index is 1.47. The number of carbonyl (C=O) groups is 2. The fourth-order valence-corrected chi connectivity index (χ4v) is 5.26. The molecule has 0 radical (unpaired) electrons. The van der Waals surface area contributed by atoms with Crippen LogP contribution in [0.4, 0.5) is 5.69 Å². The Labute approximate surface area is 180 Å². The predicted molar refractivity (Wildman–Crippen MR) is 116 cm³/mol. The Bertz CT molecular complexity index is 1240. The summed E-state index contributed by atoms with van der Waals surface area (Å²) in [7, 11) is -3.60. The third-order valence-corrected chi connectivity index (χ3v) is 7.46. The summed E-state index contributed by atoms with van der Waals surface area (Å²) in [6, 6.07) is 13.7. The van der Waals surface area contributed by atoms with Crippen molar-refractivity contribution in [2.75, 3.05) is 18.4 Å². The second kappa shape index (κ2) is 8.16. The minimum atomic E-state index is -3.60. The highest BCUT2D eigenvalue weighted by atomic mass is 32.2. The molecule has 162 valence electrons. The predicted octanol–water partition coefficient (Wildman–Crippen LogP) is 2.88. The van der Waals surface area contributed by atoms with Gasteiger partial charge in [-0.25, -0.2) is 8.42 Å². The molecule has 2 amide bonds. The summed E-state index contributed by atoms with van der Waals surface area (Å²) in [5, 5.41) is 3.36. The Kier molecular flexibility index (Phi) is 5.55. The third-order valence-electron chi connectivity index (χ3n) is 5.55. The number of hydrogen-bond donors (Lipinski definition) is 2. The van der Waals surface area contributed by atoms with E-state index in [2.05, 4.69) is 5.32 Å². The van der Waals surface area contributed by atoms with Crippen molar-refractivity contribution in [2.24, 2.45) is 11.7 Å². The molecule has 1 aliphatic rings. The summed E-state index contributed by atoms with van der Waals surface area (Å²) in [5.74, 6) is -1.56. The van der Waals surface area contributed by atoms with Crippen LogP contribution >= 0.6 is 0 Å². The van der Waals surface area contributed by atoms with Gasteiger partial charge in [0, 0.05) is 24.4 Å². The van der Waals surface area contributed by atoms with Crippen molar-refractivity contribution in [1.82, 2.24) is 4.31 Å². The first-order valence-corrected chi connectivity index (χ1v) is 11.4. The number of amides is 2. The molecular weight excluding hydrogens is 418 g/mol. The summed E-state index contributed by atoms with van der Waals surface area (Å²) in [5.41, 5.74) is 7.09. The van der Waals surface area contributed by atoms with Gasteiger partial charge in [-0.3, -0.25) is 9.59 Å². The van der Waals surface area contributed by atoms with E-state index in [1.54, 1.807) is 48.5 Å². The summed E-state index contributed by atoms with van der Waals surface area (Å²) < 4.78 is 32.6. The number of fused-ring (bicyclic) bond motifs is 1. The van der Waals surface area contributed by atoms with Gasteiger partial charge >= 0.3 is 0 Å². The zero-order valence-corrected chi connectivity index (χ0v) is 17.8. The van der Waals surface area contributed by atoms with E-state index in [4.69, 9.17) is 10.2 Å². The van der Waals surface area contributed by atoms with E-state index in [1.807, 2.05) is 6.92 Å². The van der Waals surface area contributed by atoms with Gasteiger partial charge < -0.3 is 15.5 Å². The Morgan fingerprint density at radius 1 is 1.06 bits per heavy atom. The Hall–Kier alpha value is -3.17. The first-order valence-electron chi connectivity index (χ1n) is 9.96. The average Bonchev–Trinajstić information content (AvgIpc) is 3.13. The van der Waals surface area contributed by atoms with Gasteiger partial charge in [0.05, 0.1) is 4.90 Å². The molecule has 4 rings (SSSR count). The number of sulfonamides is 1. The molecule has 1 aromatic heterocycles. The summed E-state index contributed by atoms with van der Waals surface area (Å²) in [6.45, 7) is 2.37. The van der Waals surface area contributed by atoms with E-state index in [9.17, 15) is 18.0 Å². The van der Waals surface area contributed by atoms with Crippen LogP contribution in [0.25, 0.3) is 11.0 Å². The Morgan fingerprint density at radius 2 is 1.71 bits per heavy atom. The van der Waals surface area contributed by atoms with Crippen LogP contribution in [0.2, 0.25) is 0 Å². The van der Waals surface area contributed by atoms with Gasteiger partial charge in [-0.15, -0.1) is 0 Å². The molecular formula is C22H23N3O5S. The van der Waals surface area contributed by atoms with E-state index in [0.29, 0.717) is 23.8 Å². The smallest absolute Gasteiger partial charge is 0.286 e. The van der Waals surface area contributed by atoms with Gasteiger partial charge in [-0.05, 0) is 44.0 Å². The molecule has 0 saturated carbocycles. The summed E-state index contributed by atoms with van der Waals surface area (Å²) in [4.78, 5) is 24.9. The lowest BCUT2D eigenvalue weighted by atomic mass is 9.97. The van der Waals surface area contributed by atoms with Crippen LogP contribution in [-0.2, 0) is 14.8 Å². The second-order valence-electron chi connectivity index (χ2n) is 7.65. The molecule has 1 fully saturated rings. The molecule has 0 aliphatic carbocycles. The molecule has 2 aromatic carbocycles. The van der Waals surface area contributed by atoms with Crippen LogP contribution in [0.15, 0.2) is 57.8 Å². The zero-order chi connectivity index (χ0) is 22.2. The highest BCUT2D eigenvalue weighted by Crippen LogP contribution is 2.32. The van der Waals surface area contributed by atoms with Crippen molar-refractivity contribution in [3.8, 4) is 0 Å². The number of nitrogens with two attached hydrogens (primary N) is 1. The number of nitrogens with one attached hydrogen (secondary N) is 1. The van der Waals surface area contributed by atoms with Crippen molar-refractivity contribution in [2.45, 2.75) is 24.7 Å². The fourth-order valence-electron chi connectivity index (χ4n) is 3.79. The van der Waals surface area contributed by atoms with Crippen molar-refractivity contribution in [1.29, 1.82) is 0 Å². The molecule has 2 heterocycles. The van der Waals surface area contributed by atoms with E-state index < -0.39 is 15.9 Å². The SMILES string of the molecule is Cc1ccc(S(=O)(=O)N2CCC(C(=O)Nc3c(C(N)=O)oc4ccccc34)CC2)cc1. The maximum atomic E-state index is 12.9. The van der Waals surface area contributed by atoms with Crippen molar-refractivity contribution >= 4 is 38.5 Å². The lowest BCUT2D eigenvalue weighted by Gasteiger charge is -2.30. The molecule has 8 nitrogen and oxygen atoms in total. The number of piperidine rings is 1. The first kappa shape index (κ1) is 21.1. The fraction of sp³-hybridized carbons (Fsp3) is 0.273. The van der Waals surface area contributed by atoms with Crippen LogP contribution in [0.3, 0.4) is 0 Å². The molecule has 9 heteroatoms. The number of nitrogens with zero attached hydrogens (tertiary/aromatic N) is 1. The van der Waals surface area contributed by atoms with E-state index >= 15 is 0 Å². The number of aryl methyl sites for hydroxylation is 1. The number of hydrogen-bond acceptors (Lipinski definition) is 5. The standard InChI is InChI=1S/C22H23N3O5S/c1-14-6-8-16(9-7-14)31(28,29)25-12-10-15(11-13-25)22(27)24-19-17-4-2-3-5-18(17)30-20(19)21(23)26/h2-9,15H,10-13H2,1H3,(H2,23,26)(H,24,27). The number of rotatable bonds is 5. The lowest BCUT2D eigenvalue weighted by molar-refractivity contribution is -0.120. The van der Waals surface area contributed by atoms with Crippen LogP contribution in [-0.4, -0.2) is 37.6 Å². The van der Waals surface area contributed by atoms with Crippen LogP contribution in [0, 0.1) is 12.8 Å². The maximum Gasteiger partial charge on any atom is 0.286 e. The molecule has 1 saturated heterocycles. The van der Waals surface area contributed by atoms with Gasteiger partial charge in [0.2, 0.25) is 21.7 Å². The van der Waals surface area contributed by atoms with E-state index in [1.165, 1.54) is 4.31 Å². The van der Waals surface area contributed by atoms with Gasteiger partial charge in [0.25, 0.3) is 5.91 Å². The average molecular weight is 442 g/mol. The van der Waals surface area contributed by atoms with Crippen LogP contribution in [0.5, 0.6) is 0 Å². The van der Waals surface area contributed by atoms with Crippen molar-refractivity contribution in [3.63, 3.8) is 0 Å².